The van der Waals surface area contributed by atoms with E-state index in [0.717, 1.165) is 41.2 Å². The lowest BCUT2D eigenvalue weighted by atomic mass is 9.83. The number of anilines is 1. The maximum Gasteiger partial charge on any atom is 0.336 e. The molecule has 5 rings (SSSR count). The Kier molecular flexibility index (Phi) is 9.14. The molecule has 224 valence electrons. The zero-order valence-corrected chi connectivity index (χ0v) is 25.3. The Morgan fingerprint density at radius 3 is 2.30 bits per heavy atom. The minimum Gasteiger partial charge on any atom is -0.497 e. The van der Waals surface area contributed by atoms with Gasteiger partial charge in [0.1, 0.15) is 5.75 Å². The lowest BCUT2D eigenvalue weighted by Gasteiger charge is -2.36. The lowest BCUT2D eigenvalue weighted by Crippen LogP contribution is -2.48. The van der Waals surface area contributed by atoms with E-state index >= 15 is 0 Å². The van der Waals surface area contributed by atoms with Crippen LogP contribution < -0.4 is 9.64 Å². The van der Waals surface area contributed by atoms with Crippen LogP contribution >= 0.6 is 0 Å². The van der Waals surface area contributed by atoms with Crippen LogP contribution in [0.2, 0.25) is 0 Å². The summed E-state index contributed by atoms with van der Waals surface area (Å²) < 4.78 is 10.7. The van der Waals surface area contributed by atoms with Crippen molar-refractivity contribution in [2.24, 2.45) is 0 Å². The third-order valence-electron chi connectivity index (χ3n) is 8.28. The van der Waals surface area contributed by atoms with E-state index in [9.17, 15) is 14.4 Å². The van der Waals surface area contributed by atoms with Crippen molar-refractivity contribution in [2.45, 2.75) is 39.7 Å². The quantitative estimate of drug-likeness (QED) is 0.335. The number of carbonyl (C=O) groups excluding carboxylic acids is 3. The van der Waals surface area contributed by atoms with E-state index in [1.54, 1.807) is 18.9 Å². The molecule has 2 heterocycles. The molecule has 0 N–H and O–H groups in total. The number of benzene rings is 3. The van der Waals surface area contributed by atoms with E-state index in [-0.39, 0.29) is 37.3 Å². The maximum atomic E-state index is 13.5. The summed E-state index contributed by atoms with van der Waals surface area (Å²) in [5.74, 6) is -0.0462. The van der Waals surface area contributed by atoms with E-state index < -0.39 is 5.97 Å². The van der Waals surface area contributed by atoms with Crippen molar-refractivity contribution in [3.05, 3.63) is 106 Å². The zero-order valence-electron chi connectivity index (χ0n) is 25.3. The van der Waals surface area contributed by atoms with Crippen molar-refractivity contribution in [3.8, 4) is 5.75 Å². The molecule has 0 bridgehead atoms. The third kappa shape index (κ3) is 6.58. The second kappa shape index (κ2) is 13.2. The average Bonchev–Trinajstić information content (AvgIpc) is 3.02. The van der Waals surface area contributed by atoms with Crippen LogP contribution in [0.15, 0.2) is 84.1 Å². The van der Waals surface area contributed by atoms with Gasteiger partial charge in [-0.3, -0.25) is 9.59 Å². The number of nitrogens with zero attached hydrogens (tertiary/aromatic N) is 3. The number of rotatable bonds is 8. The fourth-order valence-electron chi connectivity index (χ4n) is 5.98. The molecule has 0 radical (unpaired) electrons. The monoisotopic (exact) mass is 581 g/mol. The van der Waals surface area contributed by atoms with Crippen molar-refractivity contribution >= 4 is 23.5 Å². The van der Waals surface area contributed by atoms with Crippen LogP contribution in [0, 0.1) is 6.92 Å². The molecule has 0 saturated carbocycles. The summed E-state index contributed by atoms with van der Waals surface area (Å²) >= 11 is 0. The number of piperazine rings is 1. The van der Waals surface area contributed by atoms with Gasteiger partial charge in [-0.1, -0.05) is 42.0 Å². The molecule has 1 fully saturated rings. The number of ether oxygens (including phenoxy) is 2. The molecule has 8 nitrogen and oxygen atoms in total. The van der Waals surface area contributed by atoms with Gasteiger partial charge in [0.25, 0.3) is 5.91 Å². The number of methoxy groups -OCH3 is 1. The fraction of sp³-hybridized carbons (Fsp3) is 0.343. The molecule has 1 atom stereocenters. The standard InChI is InChI=1S/C35H39N3O5/c1-5-43-35(41)33-25(3)38(32(39)22-31(33)27-10-6-8-24(2)20-27)23-26-9-7-11-28(21-26)34(40)37-18-16-36(17-19-37)29-12-14-30(42-4)15-13-29/h6-15,20-21,31H,5,16-19,22-23H2,1-4H3. The van der Waals surface area contributed by atoms with Crippen LogP contribution in [0.4, 0.5) is 5.69 Å². The molecule has 43 heavy (non-hydrogen) atoms. The first kappa shape index (κ1) is 29.9. The number of carbonyl (C=O) groups is 3. The normalized spacial score (nSPS) is 17.3. The van der Waals surface area contributed by atoms with Crippen molar-refractivity contribution < 1.29 is 23.9 Å². The second-order valence-corrected chi connectivity index (χ2v) is 11.0. The number of amides is 2. The Bertz CT molecular complexity index is 1520. The van der Waals surface area contributed by atoms with E-state index in [0.29, 0.717) is 29.9 Å². The van der Waals surface area contributed by atoms with Gasteiger partial charge in [-0.2, -0.15) is 0 Å². The summed E-state index contributed by atoms with van der Waals surface area (Å²) in [5, 5.41) is 0. The summed E-state index contributed by atoms with van der Waals surface area (Å²) in [6.45, 7) is 8.81. The highest BCUT2D eigenvalue weighted by atomic mass is 16.5. The topological polar surface area (TPSA) is 79.4 Å². The van der Waals surface area contributed by atoms with Gasteiger partial charge in [-0.05, 0) is 68.3 Å². The SMILES string of the molecule is CCOC(=O)C1=C(C)N(Cc2cccc(C(=O)N3CCN(c4ccc(OC)cc4)CC3)c2)C(=O)CC1c1cccc(C)c1. The minimum atomic E-state index is -0.401. The molecule has 2 aliphatic rings. The molecule has 0 aromatic heterocycles. The molecule has 3 aromatic carbocycles. The van der Waals surface area contributed by atoms with Gasteiger partial charge in [0.05, 0.1) is 25.8 Å². The van der Waals surface area contributed by atoms with Gasteiger partial charge in [-0.15, -0.1) is 0 Å². The number of hydrogen-bond acceptors (Lipinski definition) is 6. The highest BCUT2D eigenvalue weighted by molar-refractivity contribution is 5.96. The number of aryl methyl sites for hydroxylation is 1. The summed E-state index contributed by atoms with van der Waals surface area (Å²) in [5.41, 5.74) is 5.61. The number of allylic oxidation sites excluding steroid dienone is 1. The predicted octanol–water partition coefficient (Wildman–Crippen LogP) is 5.32. The first-order valence-corrected chi connectivity index (χ1v) is 14.8. The molecule has 3 aromatic rings. The Hall–Kier alpha value is -4.59. The van der Waals surface area contributed by atoms with E-state index in [2.05, 4.69) is 4.90 Å². The van der Waals surface area contributed by atoms with E-state index in [1.165, 1.54) is 0 Å². The largest absolute Gasteiger partial charge is 0.497 e. The van der Waals surface area contributed by atoms with Crippen LogP contribution in [0.1, 0.15) is 53.2 Å². The summed E-state index contributed by atoms with van der Waals surface area (Å²) in [7, 11) is 1.65. The molecule has 0 spiro atoms. The highest BCUT2D eigenvalue weighted by Crippen LogP contribution is 2.38. The third-order valence-corrected chi connectivity index (χ3v) is 8.28. The van der Waals surface area contributed by atoms with Crippen LogP contribution in [0.25, 0.3) is 0 Å². The summed E-state index contributed by atoms with van der Waals surface area (Å²) in [6.07, 6.45) is 0.173. The minimum absolute atomic E-state index is 0.0276. The van der Waals surface area contributed by atoms with Crippen LogP contribution in [0.3, 0.4) is 0 Å². The van der Waals surface area contributed by atoms with Crippen LogP contribution in [0.5, 0.6) is 5.75 Å². The summed E-state index contributed by atoms with van der Waals surface area (Å²) in [6, 6.07) is 23.3. The van der Waals surface area contributed by atoms with Gasteiger partial charge < -0.3 is 24.2 Å². The van der Waals surface area contributed by atoms with Crippen LogP contribution in [-0.4, -0.2) is 67.5 Å². The first-order valence-electron chi connectivity index (χ1n) is 14.8. The van der Waals surface area contributed by atoms with Gasteiger partial charge >= 0.3 is 5.97 Å². The van der Waals surface area contributed by atoms with Crippen molar-refractivity contribution in [3.63, 3.8) is 0 Å². The number of esters is 1. The zero-order chi connectivity index (χ0) is 30.5. The molecule has 2 amide bonds. The molecule has 1 unspecified atom stereocenters. The van der Waals surface area contributed by atoms with Gasteiger partial charge in [0.15, 0.2) is 0 Å². The molecule has 0 aliphatic carbocycles. The van der Waals surface area contributed by atoms with Crippen molar-refractivity contribution in [1.29, 1.82) is 0 Å². The smallest absolute Gasteiger partial charge is 0.336 e. The number of hydrogen-bond donors (Lipinski definition) is 0. The lowest BCUT2D eigenvalue weighted by molar-refractivity contribution is -0.140. The molecule has 2 aliphatic heterocycles. The molecular weight excluding hydrogens is 542 g/mol. The Morgan fingerprint density at radius 2 is 1.63 bits per heavy atom. The fourth-order valence-corrected chi connectivity index (χ4v) is 5.98. The average molecular weight is 582 g/mol. The molecule has 1 saturated heterocycles. The molecular formula is C35H39N3O5. The van der Waals surface area contributed by atoms with Gasteiger partial charge in [-0.25, -0.2) is 4.79 Å². The van der Waals surface area contributed by atoms with E-state index in [1.807, 2.05) is 91.5 Å². The first-order chi connectivity index (χ1) is 20.8. The van der Waals surface area contributed by atoms with Crippen LogP contribution in [-0.2, 0) is 20.9 Å². The van der Waals surface area contributed by atoms with Gasteiger partial charge in [0, 0.05) is 55.5 Å². The predicted molar refractivity (Wildman–Crippen MR) is 166 cm³/mol. The van der Waals surface area contributed by atoms with Crippen molar-refractivity contribution in [2.75, 3.05) is 44.8 Å². The Labute approximate surface area is 253 Å². The highest BCUT2D eigenvalue weighted by Gasteiger charge is 2.37. The Balaban J connectivity index is 1.31. The summed E-state index contributed by atoms with van der Waals surface area (Å²) in [4.78, 5) is 45.9. The maximum absolute atomic E-state index is 13.5. The second-order valence-electron chi connectivity index (χ2n) is 11.0. The Morgan fingerprint density at radius 1 is 0.907 bits per heavy atom. The van der Waals surface area contributed by atoms with Crippen molar-refractivity contribution in [1.82, 2.24) is 9.80 Å². The van der Waals surface area contributed by atoms with Gasteiger partial charge in [0.2, 0.25) is 5.91 Å². The van der Waals surface area contributed by atoms with E-state index in [4.69, 9.17) is 9.47 Å². The molecule has 8 heteroatoms.